The van der Waals surface area contributed by atoms with Gasteiger partial charge in [-0.2, -0.15) is 0 Å². The van der Waals surface area contributed by atoms with E-state index in [9.17, 15) is 9.59 Å². The average Bonchev–Trinajstić information content (AvgIpc) is 2.39. The Morgan fingerprint density at radius 2 is 1.84 bits per heavy atom. The van der Waals surface area contributed by atoms with E-state index < -0.39 is 6.04 Å². The molecule has 0 heterocycles. The molecule has 0 spiro atoms. The van der Waals surface area contributed by atoms with Crippen molar-refractivity contribution in [3.05, 3.63) is 35.9 Å². The van der Waals surface area contributed by atoms with Crippen LogP contribution in [0.25, 0.3) is 0 Å². The second-order valence-electron chi connectivity index (χ2n) is 4.66. The van der Waals surface area contributed by atoms with E-state index >= 15 is 0 Å². The van der Waals surface area contributed by atoms with E-state index in [1.807, 2.05) is 30.3 Å². The van der Waals surface area contributed by atoms with Gasteiger partial charge in [-0.15, -0.1) is 0 Å². The molecule has 19 heavy (non-hydrogen) atoms. The van der Waals surface area contributed by atoms with Crippen molar-refractivity contribution in [1.82, 2.24) is 5.32 Å². The van der Waals surface area contributed by atoms with Crippen LogP contribution < -0.4 is 5.32 Å². The second-order valence-corrected chi connectivity index (χ2v) is 4.66. The van der Waals surface area contributed by atoms with Crippen LogP contribution in [-0.2, 0) is 20.7 Å². The minimum atomic E-state index is -0.628. The molecule has 1 rings (SSSR count). The fourth-order valence-corrected chi connectivity index (χ4v) is 1.62. The van der Waals surface area contributed by atoms with Crippen LogP contribution in [0.2, 0.25) is 0 Å². The number of rotatable bonds is 6. The van der Waals surface area contributed by atoms with E-state index in [0.717, 1.165) is 5.56 Å². The molecule has 1 aromatic rings. The second kappa shape index (κ2) is 7.56. The summed E-state index contributed by atoms with van der Waals surface area (Å²) in [6, 6.07) is 8.94. The van der Waals surface area contributed by atoms with E-state index in [2.05, 4.69) is 5.32 Å². The Morgan fingerprint density at radius 3 is 2.37 bits per heavy atom. The van der Waals surface area contributed by atoms with Crippen LogP contribution in [0.15, 0.2) is 30.3 Å². The summed E-state index contributed by atoms with van der Waals surface area (Å²) in [5, 5.41) is 2.74. The fraction of sp³-hybridized carbons (Fsp3) is 0.467. The van der Waals surface area contributed by atoms with E-state index in [1.165, 1.54) is 0 Å². The quantitative estimate of drug-likeness (QED) is 0.798. The lowest BCUT2D eigenvalue weighted by Gasteiger charge is -2.18. The van der Waals surface area contributed by atoms with Crippen molar-refractivity contribution in [2.24, 2.45) is 5.92 Å². The lowest BCUT2D eigenvalue weighted by molar-refractivity contribution is -0.147. The molecule has 1 N–H and O–H groups in total. The van der Waals surface area contributed by atoms with Crippen LogP contribution >= 0.6 is 0 Å². The van der Waals surface area contributed by atoms with Crippen molar-refractivity contribution in [2.75, 3.05) is 6.61 Å². The smallest absolute Gasteiger partial charge is 0.328 e. The van der Waals surface area contributed by atoms with Crippen molar-refractivity contribution in [3.63, 3.8) is 0 Å². The van der Waals surface area contributed by atoms with Crippen molar-refractivity contribution in [1.29, 1.82) is 0 Å². The van der Waals surface area contributed by atoms with Crippen LogP contribution in [0, 0.1) is 5.92 Å². The molecular formula is C15H21NO3. The fourth-order valence-electron chi connectivity index (χ4n) is 1.62. The van der Waals surface area contributed by atoms with Crippen molar-refractivity contribution >= 4 is 11.9 Å². The summed E-state index contributed by atoms with van der Waals surface area (Å²) in [7, 11) is 0. The number of nitrogens with one attached hydrogen (secondary N) is 1. The van der Waals surface area contributed by atoms with Crippen molar-refractivity contribution < 1.29 is 14.3 Å². The van der Waals surface area contributed by atoms with Gasteiger partial charge in [0.2, 0.25) is 5.91 Å². The summed E-state index contributed by atoms with van der Waals surface area (Å²) < 4.78 is 5.00. The predicted molar refractivity (Wildman–Crippen MR) is 73.5 cm³/mol. The Kier molecular flexibility index (Phi) is 6.06. The van der Waals surface area contributed by atoms with Crippen molar-refractivity contribution in [2.45, 2.75) is 33.2 Å². The predicted octanol–water partition coefficient (Wildman–Crippen LogP) is 1.93. The Labute approximate surface area is 114 Å². The minimum Gasteiger partial charge on any atom is -0.464 e. The van der Waals surface area contributed by atoms with Gasteiger partial charge in [-0.05, 0) is 12.5 Å². The topological polar surface area (TPSA) is 55.4 Å². The molecule has 0 aromatic heterocycles. The third kappa shape index (κ3) is 5.12. The molecule has 0 aliphatic carbocycles. The summed E-state index contributed by atoms with van der Waals surface area (Å²) in [5.41, 5.74) is 0.990. The van der Waals surface area contributed by atoms with Crippen LogP contribution in [-0.4, -0.2) is 24.5 Å². The minimum absolute atomic E-state index is 0.144. The number of esters is 1. The monoisotopic (exact) mass is 263 g/mol. The van der Waals surface area contributed by atoms with Gasteiger partial charge in [0.15, 0.2) is 0 Å². The molecule has 1 aromatic carbocycles. The summed E-state index contributed by atoms with van der Waals surface area (Å²) in [6.45, 7) is 5.64. The van der Waals surface area contributed by atoms with E-state index in [1.54, 1.807) is 20.8 Å². The molecule has 0 saturated carbocycles. The number of ether oxygens (including phenoxy) is 1. The number of hydrogen-bond acceptors (Lipinski definition) is 3. The third-order valence-corrected chi connectivity index (χ3v) is 2.69. The van der Waals surface area contributed by atoms with Gasteiger partial charge in [0.25, 0.3) is 0 Å². The molecule has 0 aliphatic rings. The van der Waals surface area contributed by atoms with Crippen LogP contribution in [0.1, 0.15) is 26.3 Å². The maximum absolute atomic E-state index is 11.9. The van der Waals surface area contributed by atoms with E-state index in [4.69, 9.17) is 4.74 Å². The number of carbonyl (C=O) groups excluding carboxylic acids is 2. The first-order valence-corrected chi connectivity index (χ1v) is 6.55. The summed E-state index contributed by atoms with van der Waals surface area (Å²) in [5.74, 6) is -0.693. The lowest BCUT2D eigenvalue weighted by Crippen LogP contribution is -2.45. The Balaban J connectivity index is 2.74. The average molecular weight is 263 g/mol. The van der Waals surface area contributed by atoms with Gasteiger partial charge in [0.05, 0.1) is 6.61 Å². The van der Waals surface area contributed by atoms with Gasteiger partial charge >= 0.3 is 5.97 Å². The Bertz CT molecular complexity index is 415. The number of carbonyl (C=O) groups is 2. The maximum Gasteiger partial charge on any atom is 0.328 e. The first kappa shape index (κ1) is 15.2. The number of hydrogen-bond donors (Lipinski definition) is 1. The van der Waals surface area contributed by atoms with E-state index in [-0.39, 0.29) is 17.8 Å². The SMILES string of the molecule is CCOC(=O)[C@H](Cc1ccccc1)NC(=O)C(C)C. The Morgan fingerprint density at radius 1 is 1.21 bits per heavy atom. The lowest BCUT2D eigenvalue weighted by atomic mass is 10.1. The van der Waals surface area contributed by atoms with E-state index in [0.29, 0.717) is 13.0 Å². The van der Waals surface area contributed by atoms with Gasteiger partial charge in [0.1, 0.15) is 6.04 Å². The zero-order chi connectivity index (χ0) is 14.3. The highest BCUT2D eigenvalue weighted by Crippen LogP contribution is 2.06. The molecule has 1 amide bonds. The summed E-state index contributed by atoms with van der Waals surface area (Å²) >= 11 is 0. The van der Waals surface area contributed by atoms with Gasteiger partial charge in [-0.3, -0.25) is 4.79 Å². The third-order valence-electron chi connectivity index (χ3n) is 2.69. The van der Waals surface area contributed by atoms with Crippen LogP contribution in [0.4, 0.5) is 0 Å². The zero-order valence-electron chi connectivity index (χ0n) is 11.7. The first-order valence-electron chi connectivity index (χ1n) is 6.55. The molecule has 0 unspecified atom stereocenters. The summed E-state index contributed by atoms with van der Waals surface area (Å²) in [6.07, 6.45) is 0.443. The van der Waals surface area contributed by atoms with Crippen molar-refractivity contribution in [3.8, 4) is 0 Å². The number of benzene rings is 1. The molecular weight excluding hydrogens is 242 g/mol. The molecule has 4 heteroatoms. The summed E-state index contributed by atoms with van der Waals surface area (Å²) in [4.78, 5) is 23.6. The van der Waals surface area contributed by atoms with Crippen LogP contribution in [0.3, 0.4) is 0 Å². The highest BCUT2D eigenvalue weighted by Gasteiger charge is 2.23. The van der Waals surface area contributed by atoms with Gasteiger partial charge in [-0.1, -0.05) is 44.2 Å². The van der Waals surface area contributed by atoms with Gasteiger partial charge in [0, 0.05) is 12.3 Å². The molecule has 0 bridgehead atoms. The van der Waals surface area contributed by atoms with Crippen LogP contribution in [0.5, 0.6) is 0 Å². The molecule has 0 fully saturated rings. The largest absolute Gasteiger partial charge is 0.464 e. The maximum atomic E-state index is 11.9. The molecule has 104 valence electrons. The zero-order valence-corrected chi connectivity index (χ0v) is 11.7. The molecule has 0 radical (unpaired) electrons. The Hall–Kier alpha value is -1.84. The highest BCUT2D eigenvalue weighted by molar-refractivity contribution is 5.85. The normalized spacial score (nSPS) is 12.0. The van der Waals surface area contributed by atoms with Gasteiger partial charge < -0.3 is 10.1 Å². The first-order chi connectivity index (χ1) is 9.04. The number of amides is 1. The molecule has 1 atom stereocenters. The highest BCUT2D eigenvalue weighted by atomic mass is 16.5. The molecule has 4 nitrogen and oxygen atoms in total. The molecule has 0 saturated heterocycles. The molecule has 0 aliphatic heterocycles. The van der Waals surface area contributed by atoms with Gasteiger partial charge in [-0.25, -0.2) is 4.79 Å². The standard InChI is InChI=1S/C15H21NO3/c1-4-19-15(18)13(16-14(17)11(2)3)10-12-8-6-5-7-9-12/h5-9,11,13H,4,10H2,1-3H3,(H,16,17)/t13-/m0/s1.